The first-order chi connectivity index (χ1) is 5.74. The summed E-state index contributed by atoms with van der Waals surface area (Å²) in [5.41, 5.74) is 1.15. The average molecular weight is 276 g/mol. The third-order valence-electron chi connectivity index (χ3n) is 1.61. The summed E-state index contributed by atoms with van der Waals surface area (Å²) in [5, 5.41) is 0. The van der Waals surface area contributed by atoms with Crippen molar-refractivity contribution >= 4 is 22.6 Å². The highest BCUT2D eigenvalue weighted by Gasteiger charge is 2.03. The predicted octanol–water partition coefficient (Wildman–Crippen LogP) is 3.88. The molecule has 1 unspecified atom stereocenters. The Bertz CT molecular complexity index is 253. The van der Waals surface area contributed by atoms with Crippen LogP contribution in [-0.2, 0) is 0 Å². The van der Waals surface area contributed by atoms with Gasteiger partial charge in [-0.1, -0.05) is 40.8 Å². The number of alkyl halides is 1. The van der Waals surface area contributed by atoms with E-state index in [1.165, 1.54) is 12.1 Å². The lowest BCUT2D eigenvalue weighted by Crippen LogP contribution is -1.87. The molecule has 0 saturated heterocycles. The van der Waals surface area contributed by atoms with Crippen molar-refractivity contribution in [1.29, 1.82) is 0 Å². The molecule has 0 aliphatic carbocycles. The van der Waals surface area contributed by atoms with E-state index in [0.29, 0.717) is 3.92 Å². The zero-order valence-corrected chi connectivity index (χ0v) is 8.79. The average Bonchev–Trinajstić information content (AvgIpc) is 2.06. The van der Waals surface area contributed by atoms with Crippen molar-refractivity contribution in [2.75, 3.05) is 0 Å². The lowest BCUT2D eigenvalue weighted by atomic mass is 10.1. The largest absolute Gasteiger partial charge is 0.207 e. The quantitative estimate of drug-likeness (QED) is 0.446. The van der Waals surface area contributed by atoms with Crippen LogP contribution in [0.15, 0.2) is 36.9 Å². The Morgan fingerprint density at radius 3 is 2.50 bits per heavy atom. The van der Waals surface area contributed by atoms with Crippen LogP contribution in [-0.4, -0.2) is 0 Å². The molecule has 0 saturated carbocycles. The first kappa shape index (κ1) is 9.71. The molecule has 1 aromatic rings. The summed E-state index contributed by atoms with van der Waals surface area (Å²) in [7, 11) is 0. The standard InChI is InChI=1S/C10H10FI/c1-2-3-10(12)8-4-6-9(11)7-5-8/h2,4-7,10H,1,3H2. The highest BCUT2D eigenvalue weighted by Crippen LogP contribution is 2.26. The fourth-order valence-corrected chi connectivity index (χ4v) is 1.73. The molecule has 0 fully saturated rings. The molecular formula is C10H10FI. The van der Waals surface area contributed by atoms with Gasteiger partial charge in [0.1, 0.15) is 5.82 Å². The second kappa shape index (κ2) is 4.60. The summed E-state index contributed by atoms with van der Waals surface area (Å²) in [5.74, 6) is -0.180. The first-order valence-electron chi connectivity index (χ1n) is 3.74. The summed E-state index contributed by atoms with van der Waals surface area (Å²) >= 11 is 2.33. The third-order valence-corrected chi connectivity index (χ3v) is 2.83. The van der Waals surface area contributed by atoms with E-state index in [1.807, 2.05) is 18.2 Å². The molecule has 1 atom stereocenters. The van der Waals surface area contributed by atoms with Crippen LogP contribution >= 0.6 is 22.6 Å². The Hall–Kier alpha value is -0.380. The van der Waals surface area contributed by atoms with E-state index in [9.17, 15) is 4.39 Å². The van der Waals surface area contributed by atoms with Gasteiger partial charge in [-0.05, 0) is 24.1 Å². The minimum atomic E-state index is -0.180. The Kier molecular flexibility index (Phi) is 3.72. The van der Waals surface area contributed by atoms with E-state index in [0.717, 1.165) is 12.0 Å². The van der Waals surface area contributed by atoms with Gasteiger partial charge in [-0.2, -0.15) is 0 Å². The van der Waals surface area contributed by atoms with E-state index in [1.54, 1.807) is 0 Å². The molecule has 0 N–H and O–H groups in total. The summed E-state index contributed by atoms with van der Waals surface area (Å²) in [4.78, 5) is 0. The van der Waals surface area contributed by atoms with Crippen LogP contribution in [0.5, 0.6) is 0 Å². The van der Waals surface area contributed by atoms with Gasteiger partial charge >= 0.3 is 0 Å². The molecule has 0 aromatic heterocycles. The Morgan fingerprint density at radius 1 is 1.42 bits per heavy atom. The normalized spacial score (nSPS) is 12.5. The van der Waals surface area contributed by atoms with Gasteiger partial charge in [-0.15, -0.1) is 6.58 Å². The van der Waals surface area contributed by atoms with E-state index in [2.05, 4.69) is 29.2 Å². The number of hydrogen-bond donors (Lipinski definition) is 0. The molecule has 0 nitrogen and oxygen atoms in total. The molecule has 0 aliphatic heterocycles. The smallest absolute Gasteiger partial charge is 0.123 e. The number of rotatable bonds is 3. The molecule has 0 radical (unpaired) electrons. The maximum atomic E-state index is 12.5. The van der Waals surface area contributed by atoms with Crippen LogP contribution in [0, 0.1) is 5.82 Å². The highest BCUT2D eigenvalue weighted by atomic mass is 127. The second-order valence-corrected chi connectivity index (χ2v) is 4.05. The fourth-order valence-electron chi connectivity index (χ4n) is 0.954. The van der Waals surface area contributed by atoms with Crippen molar-refractivity contribution in [3.8, 4) is 0 Å². The maximum Gasteiger partial charge on any atom is 0.123 e. The molecule has 0 aliphatic rings. The molecule has 12 heavy (non-hydrogen) atoms. The van der Waals surface area contributed by atoms with Crippen LogP contribution < -0.4 is 0 Å². The van der Waals surface area contributed by atoms with Crippen molar-refractivity contribution in [1.82, 2.24) is 0 Å². The monoisotopic (exact) mass is 276 g/mol. The molecule has 0 bridgehead atoms. The van der Waals surface area contributed by atoms with Gasteiger partial charge in [-0.25, -0.2) is 4.39 Å². The Balaban J connectivity index is 2.74. The fraction of sp³-hybridized carbons (Fsp3) is 0.200. The van der Waals surface area contributed by atoms with Crippen LogP contribution in [0.4, 0.5) is 4.39 Å². The molecule has 1 aromatic carbocycles. The van der Waals surface area contributed by atoms with Gasteiger partial charge < -0.3 is 0 Å². The zero-order chi connectivity index (χ0) is 8.97. The van der Waals surface area contributed by atoms with E-state index in [-0.39, 0.29) is 5.82 Å². The molecule has 0 spiro atoms. The number of benzene rings is 1. The van der Waals surface area contributed by atoms with Gasteiger partial charge in [0.25, 0.3) is 0 Å². The van der Waals surface area contributed by atoms with Crippen molar-refractivity contribution in [3.05, 3.63) is 48.3 Å². The highest BCUT2D eigenvalue weighted by molar-refractivity contribution is 14.1. The Labute approximate surface area is 85.6 Å². The zero-order valence-electron chi connectivity index (χ0n) is 6.63. The van der Waals surface area contributed by atoms with E-state index >= 15 is 0 Å². The topological polar surface area (TPSA) is 0 Å². The number of hydrogen-bond acceptors (Lipinski definition) is 0. The van der Waals surface area contributed by atoms with Crippen LogP contribution in [0.1, 0.15) is 15.9 Å². The predicted molar refractivity (Wildman–Crippen MR) is 58.0 cm³/mol. The number of allylic oxidation sites excluding steroid dienone is 1. The molecule has 1 rings (SSSR count). The van der Waals surface area contributed by atoms with Crippen LogP contribution in [0.25, 0.3) is 0 Å². The molecule has 64 valence electrons. The third kappa shape index (κ3) is 2.59. The van der Waals surface area contributed by atoms with Gasteiger partial charge in [0.05, 0.1) is 0 Å². The van der Waals surface area contributed by atoms with Crippen LogP contribution in [0.3, 0.4) is 0 Å². The van der Waals surface area contributed by atoms with Gasteiger partial charge in [0.15, 0.2) is 0 Å². The first-order valence-corrected chi connectivity index (χ1v) is 4.99. The number of halogens is 2. The summed E-state index contributed by atoms with van der Waals surface area (Å²) in [6.45, 7) is 3.66. The van der Waals surface area contributed by atoms with E-state index in [4.69, 9.17) is 0 Å². The molecule has 2 heteroatoms. The van der Waals surface area contributed by atoms with Gasteiger partial charge in [0.2, 0.25) is 0 Å². The van der Waals surface area contributed by atoms with E-state index < -0.39 is 0 Å². The summed E-state index contributed by atoms with van der Waals surface area (Å²) in [6, 6.07) is 6.61. The van der Waals surface area contributed by atoms with Crippen molar-refractivity contribution in [3.63, 3.8) is 0 Å². The van der Waals surface area contributed by atoms with Gasteiger partial charge in [0, 0.05) is 3.92 Å². The van der Waals surface area contributed by atoms with Crippen molar-refractivity contribution < 1.29 is 4.39 Å². The minimum absolute atomic E-state index is 0.180. The van der Waals surface area contributed by atoms with Gasteiger partial charge in [-0.3, -0.25) is 0 Å². The van der Waals surface area contributed by atoms with Crippen molar-refractivity contribution in [2.45, 2.75) is 10.3 Å². The SMILES string of the molecule is C=CCC(I)c1ccc(F)cc1. The lowest BCUT2D eigenvalue weighted by Gasteiger charge is -2.06. The second-order valence-electron chi connectivity index (χ2n) is 2.54. The molecular weight excluding hydrogens is 266 g/mol. The molecule has 0 heterocycles. The lowest BCUT2D eigenvalue weighted by molar-refractivity contribution is 0.627. The van der Waals surface area contributed by atoms with Crippen LogP contribution in [0.2, 0.25) is 0 Å². The minimum Gasteiger partial charge on any atom is -0.207 e. The summed E-state index contributed by atoms with van der Waals surface area (Å²) < 4.78 is 12.9. The maximum absolute atomic E-state index is 12.5. The Morgan fingerprint density at radius 2 is 2.00 bits per heavy atom. The molecule has 0 amide bonds. The summed E-state index contributed by atoms with van der Waals surface area (Å²) in [6.07, 6.45) is 2.80. The van der Waals surface area contributed by atoms with Crippen molar-refractivity contribution in [2.24, 2.45) is 0 Å².